The van der Waals surface area contributed by atoms with Gasteiger partial charge in [-0.05, 0) is 54.1 Å². The van der Waals surface area contributed by atoms with Gasteiger partial charge in [0.25, 0.3) is 0 Å². The highest BCUT2D eigenvalue weighted by Gasteiger charge is 2.28. The first-order chi connectivity index (χ1) is 15.9. The van der Waals surface area contributed by atoms with Crippen molar-refractivity contribution in [2.75, 3.05) is 26.2 Å². The minimum Gasteiger partial charge on any atom is -0.456 e. The van der Waals surface area contributed by atoms with Crippen LogP contribution in [0.2, 0.25) is 10.0 Å². The van der Waals surface area contributed by atoms with E-state index in [0.29, 0.717) is 47.7 Å². The van der Waals surface area contributed by atoms with Crippen LogP contribution in [0.3, 0.4) is 0 Å². The maximum Gasteiger partial charge on any atom is 0.243 e. The Hall–Kier alpha value is -2.60. The molecule has 1 heterocycles. The molecule has 3 aromatic rings. The quantitative estimate of drug-likeness (QED) is 0.466. The summed E-state index contributed by atoms with van der Waals surface area (Å²) in [6, 6.07) is 20.8. The second-order valence-electron chi connectivity index (χ2n) is 7.60. The molecule has 6 nitrogen and oxygen atoms in total. The molecule has 1 fully saturated rings. The summed E-state index contributed by atoms with van der Waals surface area (Å²) in [7, 11) is -3.61. The first-order valence-electron chi connectivity index (χ1n) is 10.3. The lowest BCUT2D eigenvalue weighted by atomic mass is 10.2. The number of hydrogen-bond acceptors (Lipinski definition) is 5. The van der Waals surface area contributed by atoms with Gasteiger partial charge in [0, 0.05) is 37.7 Å². The molecule has 0 atom stereocenters. The van der Waals surface area contributed by atoms with Gasteiger partial charge in [0.2, 0.25) is 10.0 Å². The summed E-state index contributed by atoms with van der Waals surface area (Å²) in [5.74, 6) is 0.734. The van der Waals surface area contributed by atoms with Gasteiger partial charge in [-0.2, -0.15) is 9.57 Å². The Morgan fingerprint density at radius 1 is 0.909 bits per heavy atom. The number of halogens is 2. The molecule has 0 saturated carbocycles. The lowest BCUT2D eigenvalue weighted by molar-refractivity contribution is 0.181. The summed E-state index contributed by atoms with van der Waals surface area (Å²) in [6.07, 6.45) is 0. The highest BCUT2D eigenvalue weighted by Crippen LogP contribution is 2.30. The predicted octanol–water partition coefficient (Wildman–Crippen LogP) is 5.16. The van der Waals surface area contributed by atoms with Gasteiger partial charge in [0.05, 0.1) is 9.92 Å². The molecular formula is C24H21Cl2N3O3S. The molecule has 0 amide bonds. The molecule has 170 valence electrons. The molecule has 1 saturated heterocycles. The molecule has 0 spiro atoms. The van der Waals surface area contributed by atoms with Gasteiger partial charge in [0.15, 0.2) is 0 Å². The zero-order valence-electron chi connectivity index (χ0n) is 17.6. The zero-order chi connectivity index (χ0) is 23.4. The topological polar surface area (TPSA) is 73.6 Å². The van der Waals surface area contributed by atoms with E-state index in [1.54, 1.807) is 30.3 Å². The standard InChI is InChI=1S/C24H21Cl2N3O3S/c25-19-6-4-18(5-7-19)17-28-12-14-29(15-13-28)33(30,31)21-10-8-20(9-11-21)32-24-3-1-2-23(26)22(24)16-27/h1-11H,12-15,17H2. The van der Waals surface area contributed by atoms with Gasteiger partial charge >= 0.3 is 0 Å². The monoisotopic (exact) mass is 501 g/mol. The van der Waals surface area contributed by atoms with Gasteiger partial charge in [-0.1, -0.05) is 41.4 Å². The Bertz CT molecular complexity index is 1270. The lowest BCUT2D eigenvalue weighted by Gasteiger charge is -2.34. The Morgan fingerprint density at radius 3 is 2.21 bits per heavy atom. The SMILES string of the molecule is N#Cc1c(Cl)cccc1Oc1ccc(S(=O)(=O)N2CCN(Cc3ccc(Cl)cc3)CC2)cc1. The van der Waals surface area contributed by atoms with Crippen molar-refractivity contribution >= 4 is 33.2 Å². The summed E-state index contributed by atoms with van der Waals surface area (Å²) in [6.45, 7) is 2.89. The smallest absolute Gasteiger partial charge is 0.243 e. The third-order valence-corrected chi connectivity index (χ3v) is 7.91. The average molecular weight is 502 g/mol. The fourth-order valence-corrected chi connectivity index (χ4v) is 5.39. The summed E-state index contributed by atoms with van der Waals surface area (Å²) in [4.78, 5) is 2.43. The Morgan fingerprint density at radius 2 is 1.58 bits per heavy atom. The first kappa shape index (κ1) is 23.6. The van der Waals surface area contributed by atoms with Gasteiger partial charge in [-0.15, -0.1) is 0 Å². The number of piperazine rings is 1. The molecule has 0 radical (unpaired) electrons. The minimum atomic E-state index is -3.61. The van der Waals surface area contributed by atoms with Crippen LogP contribution in [0.25, 0.3) is 0 Å². The Balaban J connectivity index is 1.39. The van der Waals surface area contributed by atoms with Crippen LogP contribution in [-0.2, 0) is 16.6 Å². The van der Waals surface area contributed by atoms with Crippen LogP contribution in [0.15, 0.2) is 71.6 Å². The highest BCUT2D eigenvalue weighted by atomic mass is 35.5. The molecule has 0 N–H and O–H groups in total. The second-order valence-corrected chi connectivity index (χ2v) is 10.4. The van der Waals surface area contributed by atoms with Gasteiger partial charge < -0.3 is 4.74 Å². The third kappa shape index (κ3) is 5.49. The zero-order valence-corrected chi connectivity index (χ0v) is 19.9. The van der Waals surface area contributed by atoms with E-state index in [1.165, 1.54) is 16.4 Å². The van der Waals surface area contributed by atoms with Crippen LogP contribution in [0.5, 0.6) is 11.5 Å². The largest absolute Gasteiger partial charge is 0.456 e. The van der Waals surface area contributed by atoms with Crippen molar-refractivity contribution in [3.63, 3.8) is 0 Å². The van der Waals surface area contributed by atoms with Gasteiger partial charge in [0.1, 0.15) is 23.1 Å². The fourth-order valence-electron chi connectivity index (χ4n) is 3.63. The van der Waals surface area contributed by atoms with Crippen LogP contribution < -0.4 is 4.74 Å². The van der Waals surface area contributed by atoms with E-state index in [9.17, 15) is 13.7 Å². The Kier molecular flexibility index (Phi) is 7.23. The molecule has 3 aromatic carbocycles. The van der Waals surface area contributed by atoms with Crippen molar-refractivity contribution in [3.05, 3.63) is 87.9 Å². The van der Waals surface area contributed by atoms with Crippen LogP contribution in [0.4, 0.5) is 0 Å². The number of benzene rings is 3. The summed E-state index contributed by atoms with van der Waals surface area (Å²) < 4.78 is 33.4. The summed E-state index contributed by atoms with van der Waals surface area (Å²) in [5, 5.41) is 10.3. The van der Waals surface area contributed by atoms with E-state index < -0.39 is 10.0 Å². The number of hydrogen-bond donors (Lipinski definition) is 0. The van der Waals surface area contributed by atoms with Crippen LogP contribution in [0.1, 0.15) is 11.1 Å². The number of ether oxygens (including phenoxy) is 1. The second kappa shape index (κ2) is 10.1. The van der Waals surface area contributed by atoms with Crippen molar-refractivity contribution in [1.29, 1.82) is 5.26 Å². The maximum absolute atomic E-state index is 13.1. The van der Waals surface area contributed by atoms with Crippen LogP contribution >= 0.6 is 23.2 Å². The molecule has 0 aromatic heterocycles. The summed E-state index contributed by atoms with van der Waals surface area (Å²) >= 11 is 12.0. The third-order valence-electron chi connectivity index (χ3n) is 5.43. The van der Waals surface area contributed by atoms with E-state index in [-0.39, 0.29) is 10.5 Å². The molecule has 9 heteroatoms. The van der Waals surface area contributed by atoms with E-state index >= 15 is 0 Å². The first-order valence-corrected chi connectivity index (χ1v) is 12.5. The highest BCUT2D eigenvalue weighted by molar-refractivity contribution is 7.89. The Labute approximate surface area is 203 Å². The van der Waals surface area contributed by atoms with Crippen molar-refractivity contribution in [3.8, 4) is 17.6 Å². The van der Waals surface area contributed by atoms with Crippen molar-refractivity contribution in [2.24, 2.45) is 0 Å². The van der Waals surface area contributed by atoms with Crippen molar-refractivity contribution in [1.82, 2.24) is 9.21 Å². The molecule has 0 aliphatic carbocycles. The number of rotatable bonds is 6. The fraction of sp³-hybridized carbons (Fsp3) is 0.208. The van der Waals surface area contributed by atoms with Gasteiger partial charge in [-0.3, -0.25) is 4.90 Å². The normalized spacial score (nSPS) is 15.2. The predicted molar refractivity (Wildman–Crippen MR) is 128 cm³/mol. The van der Waals surface area contributed by atoms with Gasteiger partial charge in [-0.25, -0.2) is 8.42 Å². The van der Waals surface area contributed by atoms with Crippen LogP contribution in [0, 0.1) is 11.3 Å². The summed E-state index contributed by atoms with van der Waals surface area (Å²) in [5.41, 5.74) is 1.37. The molecule has 1 aliphatic rings. The van der Waals surface area contributed by atoms with Crippen molar-refractivity contribution in [2.45, 2.75) is 11.4 Å². The molecule has 0 unspecified atom stereocenters. The number of nitriles is 1. The molecule has 4 rings (SSSR count). The maximum atomic E-state index is 13.1. The molecular weight excluding hydrogens is 481 g/mol. The minimum absolute atomic E-state index is 0.201. The van der Waals surface area contributed by atoms with Crippen LogP contribution in [-0.4, -0.2) is 43.8 Å². The van der Waals surface area contributed by atoms with Crippen molar-refractivity contribution < 1.29 is 13.2 Å². The van der Waals surface area contributed by atoms with E-state index in [0.717, 1.165) is 12.1 Å². The number of sulfonamides is 1. The molecule has 33 heavy (non-hydrogen) atoms. The number of nitrogens with zero attached hydrogens (tertiary/aromatic N) is 3. The average Bonchev–Trinajstić information content (AvgIpc) is 2.81. The molecule has 1 aliphatic heterocycles. The molecule has 0 bridgehead atoms. The van der Waals surface area contributed by atoms with E-state index in [1.807, 2.05) is 30.3 Å². The lowest BCUT2D eigenvalue weighted by Crippen LogP contribution is -2.48. The van der Waals surface area contributed by atoms with E-state index in [4.69, 9.17) is 27.9 Å². The van der Waals surface area contributed by atoms with E-state index in [2.05, 4.69) is 4.90 Å².